The molecule has 0 aromatic heterocycles. The van der Waals surface area contributed by atoms with Gasteiger partial charge in [-0.05, 0) is 43.4 Å². The SMILES string of the molecule is Cc1ccc(F)cc1S(=O)(=O)N1C[C@H]2CCCC(=O)N[C@H]2C1. The van der Waals surface area contributed by atoms with Gasteiger partial charge >= 0.3 is 0 Å². The molecule has 0 saturated carbocycles. The molecule has 0 radical (unpaired) electrons. The standard InChI is InChI=1S/C15H19FN2O3S/c1-10-5-6-12(16)7-14(10)22(20,21)18-8-11-3-2-4-15(19)17-13(11)9-18/h5-7,11,13H,2-4,8-9H2,1H3,(H,17,19)/t11-,13+/m1/s1. The van der Waals surface area contributed by atoms with Crippen LogP contribution in [0.1, 0.15) is 24.8 Å². The number of amides is 1. The Morgan fingerprint density at radius 3 is 2.86 bits per heavy atom. The Morgan fingerprint density at radius 2 is 2.09 bits per heavy atom. The third-order valence-electron chi connectivity index (χ3n) is 4.50. The predicted octanol–water partition coefficient (Wildman–Crippen LogP) is 1.42. The molecular weight excluding hydrogens is 307 g/mol. The Kier molecular flexibility index (Phi) is 3.94. The van der Waals surface area contributed by atoms with Crippen molar-refractivity contribution in [3.8, 4) is 0 Å². The Hall–Kier alpha value is -1.47. The molecule has 1 amide bonds. The van der Waals surface area contributed by atoms with Crippen LogP contribution < -0.4 is 5.32 Å². The molecule has 2 aliphatic rings. The molecule has 0 unspecified atom stereocenters. The first-order chi connectivity index (χ1) is 10.4. The third-order valence-corrected chi connectivity index (χ3v) is 6.47. The Balaban J connectivity index is 1.88. The first-order valence-corrected chi connectivity index (χ1v) is 8.87. The summed E-state index contributed by atoms with van der Waals surface area (Å²) in [6.45, 7) is 2.29. The first kappa shape index (κ1) is 15.4. The van der Waals surface area contributed by atoms with Crippen LogP contribution in [0.3, 0.4) is 0 Å². The number of carbonyl (C=O) groups is 1. The van der Waals surface area contributed by atoms with E-state index in [0.29, 0.717) is 18.5 Å². The molecule has 120 valence electrons. The van der Waals surface area contributed by atoms with E-state index < -0.39 is 15.8 Å². The van der Waals surface area contributed by atoms with Gasteiger partial charge in [-0.15, -0.1) is 0 Å². The summed E-state index contributed by atoms with van der Waals surface area (Å²) in [5.41, 5.74) is 0.525. The van der Waals surface area contributed by atoms with Gasteiger partial charge in [0.15, 0.2) is 0 Å². The highest BCUT2D eigenvalue weighted by Crippen LogP contribution is 2.30. The molecule has 2 heterocycles. The highest BCUT2D eigenvalue weighted by molar-refractivity contribution is 7.89. The van der Waals surface area contributed by atoms with E-state index in [0.717, 1.165) is 18.9 Å². The van der Waals surface area contributed by atoms with E-state index in [2.05, 4.69) is 5.32 Å². The predicted molar refractivity (Wildman–Crippen MR) is 79.2 cm³/mol. The summed E-state index contributed by atoms with van der Waals surface area (Å²) in [5.74, 6) is -0.449. The lowest BCUT2D eigenvalue weighted by Crippen LogP contribution is -2.39. The number of carbonyl (C=O) groups excluding carboxylic acids is 1. The smallest absolute Gasteiger partial charge is 0.243 e. The molecule has 0 aliphatic carbocycles. The summed E-state index contributed by atoms with van der Waals surface area (Å²) >= 11 is 0. The number of halogens is 1. The number of rotatable bonds is 2. The molecule has 1 aromatic carbocycles. The van der Waals surface area contributed by atoms with Crippen LogP contribution in [0.5, 0.6) is 0 Å². The monoisotopic (exact) mass is 326 g/mol. The van der Waals surface area contributed by atoms with Gasteiger partial charge in [-0.2, -0.15) is 4.31 Å². The highest BCUT2D eigenvalue weighted by Gasteiger charge is 2.41. The van der Waals surface area contributed by atoms with Crippen LogP contribution in [0.2, 0.25) is 0 Å². The fourth-order valence-corrected chi connectivity index (χ4v) is 5.04. The van der Waals surface area contributed by atoms with Crippen LogP contribution in [0.15, 0.2) is 23.1 Å². The largest absolute Gasteiger partial charge is 0.352 e. The molecule has 1 N–H and O–H groups in total. The molecule has 2 atom stereocenters. The zero-order chi connectivity index (χ0) is 15.9. The highest BCUT2D eigenvalue weighted by atomic mass is 32.2. The molecule has 2 aliphatic heterocycles. The molecule has 5 nitrogen and oxygen atoms in total. The van der Waals surface area contributed by atoms with Crippen LogP contribution in [-0.2, 0) is 14.8 Å². The molecule has 3 rings (SSSR count). The summed E-state index contributed by atoms with van der Waals surface area (Å²) in [6.07, 6.45) is 2.11. The van der Waals surface area contributed by atoms with Gasteiger partial charge in [0.25, 0.3) is 0 Å². The summed E-state index contributed by atoms with van der Waals surface area (Å²) in [6, 6.07) is 3.65. The second-order valence-corrected chi connectivity index (χ2v) is 7.96. The zero-order valence-electron chi connectivity index (χ0n) is 12.4. The molecule has 0 bridgehead atoms. The van der Waals surface area contributed by atoms with E-state index in [9.17, 15) is 17.6 Å². The second kappa shape index (κ2) is 5.62. The van der Waals surface area contributed by atoms with Gasteiger partial charge in [-0.3, -0.25) is 4.79 Å². The van der Waals surface area contributed by atoms with Crippen molar-refractivity contribution in [1.29, 1.82) is 0 Å². The van der Waals surface area contributed by atoms with Gasteiger partial charge < -0.3 is 5.32 Å². The summed E-state index contributed by atoms with van der Waals surface area (Å²) in [7, 11) is -3.74. The van der Waals surface area contributed by atoms with Crippen molar-refractivity contribution in [2.24, 2.45) is 5.92 Å². The van der Waals surface area contributed by atoms with Gasteiger partial charge in [0.05, 0.1) is 4.90 Å². The summed E-state index contributed by atoms with van der Waals surface area (Å²) < 4.78 is 40.3. The van der Waals surface area contributed by atoms with Gasteiger partial charge in [0, 0.05) is 25.6 Å². The average molecular weight is 326 g/mol. The van der Waals surface area contributed by atoms with Gasteiger partial charge in [-0.1, -0.05) is 6.07 Å². The topological polar surface area (TPSA) is 66.5 Å². The van der Waals surface area contributed by atoms with Crippen molar-refractivity contribution < 1.29 is 17.6 Å². The van der Waals surface area contributed by atoms with Gasteiger partial charge in [0.1, 0.15) is 5.82 Å². The number of hydrogen-bond donors (Lipinski definition) is 1. The fraction of sp³-hybridized carbons (Fsp3) is 0.533. The van der Waals surface area contributed by atoms with Crippen molar-refractivity contribution in [3.05, 3.63) is 29.6 Å². The molecule has 2 saturated heterocycles. The number of sulfonamides is 1. The van der Waals surface area contributed by atoms with E-state index in [1.807, 2.05) is 0 Å². The first-order valence-electron chi connectivity index (χ1n) is 7.43. The second-order valence-electron chi connectivity index (χ2n) is 6.06. The molecule has 7 heteroatoms. The molecule has 2 fully saturated rings. The minimum Gasteiger partial charge on any atom is -0.352 e. The van der Waals surface area contributed by atoms with Crippen molar-refractivity contribution >= 4 is 15.9 Å². The van der Waals surface area contributed by atoms with E-state index in [1.165, 1.54) is 16.4 Å². The normalized spacial score (nSPS) is 26.4. The lowest BCUT2D eigenvalue weighted by molar-refractivity contribution is -0.121. The lowest BCUT2D eigenvalue weighted by atomic mass is 9.99. The maximum Gasteiger partial charge on any atom is 0.243 e. The minimum absolute atomic E-state index is 0.00952. The van der Waals surface area contributed by atoms with Crippen molar-refractivity contribution in [2.45, 2.75) is 37.1 Å². The van der Waals surface area contributed by atoms with E-state index in [-0.39, 0.29) is 29.3 Å². The maximum absolute atomic E-state index is 13.4. The molecular formula is C15H19FN2O3S. The van der Waals surface area contributed by atoms with Crippen molar-refractivity contribution in [3.63, 3.8) is 0 Å². The summed E-state index contributed by atoms with van der Waals surface area (Å²) in [5, 5.41) is 2.90. The number of benzene rings is 1. The Morgan fingerprint density at radius 1 is 1.32 bits per heavy atom. The number of fused-ring (bicyclic) bond motifs is 1. The van der Waals surface area contributed by atoms with Crippen molar-refractivity contribution in [2.75, 3.05) is 13.1 Å². The van der Waals surface area contributed by atoms with Crippen molar-refractivity contribution in [1.82, 2.24) is 9.62 Å². The number of nitrogens with one attached hydrogen (secondary N) is 1. The number of nitrogens with zero attached hydrogens (tertiary/aromatic N) is 1. The van der Waals surface area contributed by atoms with Crippen LogP contribution in [0.4, 0.5) is 4.39 Å². The third kappa shape index (κ3) is 2.75. The maximum atomic E-state index is 13.4. The van der Waals surface area contributed by atoms with Crippen LogP contribution in [0, 0.1) is 18.7 Å². The average Bonchev–Trinajstić information content (AvgIpc) is 2.77. The molecule has 1 aromatic rings. The number of aryl methyl sites for hydroxylation is 1. The zero-order valence-corrected chi connectivity index (χ0v) is 13.2. The lowest BCUT2D eigenvalue weighted by Gasteiger charge is -2.18. The van der Waals surface area contributed by atoms with E-state index in [4.69, 9.17) is 0 Å². The Bertz CT molecular complexity index is 705. The van der Waals surface area contributed by atoms with Gasteiger partial charge in [0.2, 0.25) is 15.9 Å². The minimum atomic E-state index is -3.74. The van der Waals surface area contributed by atoms with Crippen LogP contribution in [-0.4, -0.2) is 37.8 Å². The van der Waals surface area contributed by atoms with Crippen LogP contribution in [0.25, 0.3) is 0 Å². The Labute approximate surface area is 129 Å². The summed E-state index contributed by atoms with van der Waals surface area (Å²) in [4.78, 5) is 11.6. The van der Waals surface area contributed by atoms with Gasteiger partial charge in [-0.25, -0.2) is 12.8 Å². The molecule has 22 heavy (non-hydrogen) atoms. The van der Waals surface area contributed by atoms with E-state index in [1.54, 1.807) is 6.92 Å². The van der Waals surface area contributed by atoms with Crippen LogP contribution >= 0.6 is 0 Å². The van der Waals surface area contributed by atoms with E-state index >= 15 is 0 Å². The number of hydrogen-bond acceptors (Lipinski definition) is 3. The molecule has 0 spiro atoms. The quantitative estimate of drug-likeness (QED) is 0.894. The fourth-order valence-electron chi connectivity index (χ4n) is 3.28.